The number of hydrogen-bond donors (Lipinski definition) is 1. The second kappa shape index (κ2) is 6.35. The molecule has 0 bridgehead atoms. The van der Waals surface area contributed by atoms with Gasteiger partial charge in [-0.3, -0.25) is 14.5 Å². The first-order valence-electron chi connectivity index (χ1n) is 6.72. The van der Waals surface area contributed by atoms with E-state index in [0.717, 1.165) is 9.26 Å². The van der Waals surface area contributed by atoms with E-state index in [2.05, 4.69) is 27.9 Å². The maximum absolute atomic E-state index is 12.2. The lowest BCUT2D eigenvalue weighted by Crippen LogP contribution is -2.43. The molecule has 0 atom stereocenters. The maximum atomic E-state index is 12.2. The first kappa shape index (κ1) is 14.8. The zero-order chi connectivity index (χ0) is 15.5. The third-order valence-electron chi connectivity index (χ3n) is 3.26. The number of halogens is 1. The fraction of sp³-hybridized carbons (Fsp3) is 0.125. The van der Waals surface area contributed by atoms with E-state index in [1.807, 2.05) is 36.4 Å². The molecule has 0 radical (unpaired) electrons. The number of amides is 2. The molecule has 0 unspecified atom stereocenters. The van der Waals surface area contributed by atoms with Crippen LogP contribution in [-0.4, -0.2) is 25.0 Å². The first-order valence-corrected chi connectivity index (χ1v) is 7.79. The number of carbonyl (C=O) groups excluding carboxylic acids is 2. The number of hydrogen-bond acceptors (Lipinski definition) is 3. The van der Waals surface area contributed by atoms with Crippen molar-refractivity contribution in [2.45, 2.75) is 0 Å². The zero-order valence-electron chi connectivity index (χ0n) is 11.6. The standard InChI is InChI=1S/C16H13IN2O3/c17-11-5-1-2-6-12(11)18-15(20)9-19-13-7-3-4-8-14(13)22-10-16(19)21/h1-8H,9-10H2,(H,18,20). The van der Waals surface area contributed by atoms with Crippen molar-refractivity contribution >= 4 is 45.8 Å². The van der Waals surface area contributed by atoms with Crippen LogP contribution in [0.15, 0.2) is 48.5 Å². The van der Waals surface area contributed by atoms with Gasteiger partial charge in [0.2, 0.25) is 5.91 Å². The molecule has 3 rings (SSSR count). The molecule has 1 N–H and O–H groups in total. The van der Waals surface area contributed by atoms with Crippen LogP contribution in [0, 0.1) is 3.57 Å². The lowest BCUT2D eigenvalue weighted by Gasteiger charge is -2.28. The third kappa shape index (κ3) is 3.06. The smallest absolute Gasteiger partial charge is 0.265 e. The second-order valence-corrected chi connectivity index (χ2v) is 5.93. The van der Waals surface area contributed by atoms with Gasteiger partial charge in [-0.2, -0.15) is 0 Å². The van der Waals surface area contributed by atoms with Crippen LogP contribution >= 0.6 is 22.6 Å². The van der Waals surface area contributed by atoms with Gasteiger partial charge in [-0.25, -0.2) is 0 Å². The topological polar surface area (TPSA) is 58.6 Å². The van der Waals surface area contributed by atoms with E-state index < -0.39 is 0 Å². The number of ether oxygens (including phenoxy) is 1. The van der Waals surface area contributed by atoms with Gasteiger partial charge in [-0.05, 0) is 46.9 Å². The van der Waals surface area contributed by atoms with E-state index in [9.17, 15) is 9.59 Å². The van der Waals surface area contributed by atoms with Crippen molar-refractivity contribution in [2.24, 2.45) is 0 Å². The van der Waals surface area contributed by atoms with Crippen LogP contribution in [-0.2, 0) is 9.59 Å². The van der Waals surface area contributed by atoms with E-state index in [1.54, 1.807) is 12.1 Å². The Morgan fingerprint density at radius 3 is 2.73 bits per heavy atom. The summed E-state index contributed by atoms with van der Waals surface area (Å²) in [4.78, 5) is 25.7. The molecule has 0 spiro atoms. The van der Waals surface area contributed by atoms with E-state index in [1.165, 1.54) is 4.90 Å². The summed E-state index contributed by atoms with van der Waals surface area (Å²) >= 11 is 2.15. The number of fused-ring (bicyclic) bond motifs is 1. The molecule has 1 aliphatic rings. The van der Waals surface area contributed by atoms with E-state index >= 15 is 0 Å². The van der Waals surface area contributed by atoms with Gasteiger partial charge in [0.25, 0.3) is 5.91 Å². The van der Waals surface area contributed by atoms with Crippen molar-refractivity contribution in [2.75, 3.05) is 23.4 Å². The highest BCUT2D eigenvalue weighted by atomic mass is 127. The van der Waals surface area contributed by atoms with E-state index in [0.29, 0.717) is 11.4 Å². The Bertz CT molecular complexity index is 733. The Morgan fingerprint density at radius 2 is 1.91 bits per heavy atom. The van der Waals surface area contributed by atoms with Crippen molar-refractivity contribution < 1.29 is 14.3 Å². The summed E-state index contributed by atoms with van der Waals surface area (Å²) < 4.78 is 6.31. The Labute approximate surface area is 141 Å². The maximum Gasteiger partial charge on any atom is 0.265 e. The van der Waals surface area contributed by atoms with Crippen molar-refractivity contribution in [1.82, 2.24) is 0 Å². The highest BCUT2D eigenvalue weighted by molar-refractivity contribution is 14.1. The van der Waals surface area contributed by atoms with Gasteiger partial charge in [0.1, 0.15) is 12.3 Å². The van der Waals surface area contributed by atoms with Crippen molar-refractivity contribution in [3.63, 3.8) is 0 Å². The summed E-state index contributed by atoms with van der Waals surface area (Å²) in [5, 5.41) is 2.83. The largest absolute Gasteiger partial charge is 0.482 e. The molecule has 6 heteroatoms. The number of nitrogens with zero attached hydrogens (tertiary/aromatic N) is 1. The molecule has 0 saturated heterocycles. The Kier molecular flexibility index (Phi) is 4.28. The number of benzene rings is 2. The molecule has 1 heterocycles. The average molecular weight is 408 g/mol. The van der Waals surface area contributed by atoms with Crippen LogP contribution in [0.2, 0.25) is 0 Å². The zero-order valence-corrected chi connectivity index (χ0v) is 13.7. The van der Waals surface area contributed by atoms with Crippen molar-refractivity contribution in [3.05, 3.63) is 52.1 Å². The lowest BCUT2D eigenvalue weighted by molar-refractivity contribution is -0.123. The quantitative estimate of drug-likeness (QED) is 0.795. The molecule has 112 valence electrons. The van der Waals surface area contributed by atoms with Crippen LogP contribution in [0.3, 0.4) is 0 Å². The number of para-hydroxylation sites is 3. The number of carbonyl (C=O) groups is 2. The Hall–Kier alpha value is -2.09. The molecule has 5 nitrogen and oxygen atoms in total. The molecule has 2 aromatic carbocycles. The number of nitrogens with one attached hydrogen (secondary N) is 1. The molecular weight excluding hydrogens is 395 g/mol. The molecule has 0 aromatic heterocycles. The summed E-state index contributed by atoms with van der Waals surface area (Å²) in [7, 11) is 0. The fourth-order valence-corrected chi connectivity index (χ4v) is 2.75. The molecule has 0 fully saturated rings. The van der Waals surface area contributed by atoms with Crippen LogP contribution in [0.1, 0.15) is 0 Å². The van der Waals surface area contributed by atoms with Gasteiger partial charge >= 0.3 is 0 Å². The SMILES string of the molecule is O=C(CN1C(=O)COc2ccccc21)Nc1ccccc1I. The monoisotopic (exact) mass is 408 g/mol. The lowest BCUT2D eigenvalue weighted by atomic mass is 10.2. The number of anilines is 2. The summed E-state index contributed by atoms with van der Waals surface area (Å²) in [6.45, 7) is -0.0860. The van der Waals surface area contributed by atoms with Crippen LogP contribution in [0.5, 0.6) is 5.75 Å². The van der Waals surface area contributed by atoms with Gasteiger partial charge in [0.05, 0.1) is 11.4 Å². The third-order valence-corrected chi connectivity index (χ3v) is 4.20. The van der Waals surface area contributed by atoms with Gasteiger partial charge in [-0.15, -0.1) is 0 Å². The van der Waals surface area contributed by atoms with Gasteiger partial charge < -0.3 is 10.1 Å². The summed E-state index contributed by atoms with van der Waals surface area (Å²) in [5.74, 6) is 0.148. The van der Waals surface area contributed by atoms with Crippen molar-refractivity contribution in [3.8, 4) is 5.75 Å². The Morgan fingerprint density at radius 1 is 1.18 bits per heavy atom. The fourth-order valence-electron chi connectivity index (χ4n) is 2.22. The molecule has 1 aliphatic heterocycles. The molecule has 0 aliphatic carbocycles. The second-order valence-electron chi connectivity index (χ2n) is 4.76. The summed E-state index contributed by atoms with van der Waals surface area (Å²) in [6.07, 6.45) is 0. The van der Waals surface area contributed by atoms with E-state index in [-0.39, 0.29) is 25.0 Å². The molecule has 22 heavy (non-hydrogen) atoms. The number of rotatable bonds is 3. The van der Waals surface area contributed by atoms with E-state index in [4.69, 9.17) is 4.74 Å². The van der Waals surface area contributed by atoms with Crippen molar-refractivity contribution in [1.29, 1.82) is 0 Å². The van der Waals surface area contributed by atoms with Gasteiger partial charge in [0.15, 0.2) is 6.61 Å². The molecular formula is C16H13IN2O3. The predicted molar refractivity (Wildman–Crippen MR) is 92.1 cm³/mol. The minimum Gasteiger partial charge on any atom is -0.482 e. The van der Waals surface area contributed by atoms with Crippen LogP contribution in [0.25, 0.3) is 0 Å². The van der Waals surface area contributed by atoms with Crippen LogP contribution in [0.4, 0.5) is 11.4 Å². The minimum absolute atomic E-state index is 0.0375. The highest BCUT2D eigenvalue weighted by Gasteiger charge is 2.26. The van der Waals surface area contributed by atoms with Gasteiger partial charge in [0, 0.05) is 3.57 Å². The predicted octanol–water partition coefficient (Wildman–Crippen LogP) is 2.66. The molecule has 0 saturated carbocycles. The van der Waals surface area contributed by atoms with Gasteiger partial charge in [-0.1, -0.05) is 24.3 Å². The van der Waals surface area contributed by atoms with Crippen LogP contribution < -0.4 is 15.0 Å². The first-order chi connectivity index (χ1) is 10.6. The molecule has 2 aromatic rings. The average Bonchev–Trinajstić information content (AvgIpc) is 2.52. The highest BCUT2D eigenvalue weighted by Crippen LogP contribution is 2.31. The summed E-state index contributed by atoms with van der Waals surface area (Å²) in [6, 6.07) is 14.7. The normalized spacial score (nSPS) is 13.3. The summed E-state index contributed by atoms with van der Waals surface area (Å²) in [5.41, 5.74) is 1.36. The minimum atomic E-state index is -0.242. The molecule has 2 amide bonds. The Balaban J connectivity index is 1.77.